The minimum atomic E-state index is -0.0526. The minimum absolute atomic E-state index is 0.0220. The molecule has 0 bridgehead atoms. The Bertz CT molecular complexity index is 1260. The lowest BCUT2D eigenvalue weighted by molar-refractivity contribution is 0.340. The molecule has 4 atom stereocenters. The van der Waals surface area contributed by atoms with Crippen molar-refractivity contribution in [3.8, 4) is 0 Å². The molecule has 7 heteroatoms. The Morgan fingerprint density at radius 1 is 0.974 bits per heavy atom. The molecule has 3 fully saturated rings. The fourth-order valence-electron chi connectivity index (χ4n) is 7.04. The number of rotatable bonds is 5. The first-order chi connectivity index (χ1) is 18.5. The summed E-state index contributed by atoms with van der Waals surface area (Å²) >= 11 is 13.0. The zero-order valence-electron chi connectivity index (χ0n) is 22.4. The van der Waals surface area contributed by atoms with Crippen molar-refractivity contribution in [2.45, 2.75) is 70.5 Å². The number of halogens is 1. The molecule has 0 unspecified atom stereocenters. The maximum atomic E-state index is 7.01. The van der Waals surface area contributed by atoms with Gasteiger partial charge in [-0.1, -0.05) is 50.8 Å². The smallest absolute Gasteiger partial charge is 0.174 e. The minimum Gasteiger partial charge on any atom is -0.370 e. The number of nitrogens with zero attached hydrogens (tertiary/aromatic N) is 4. The predicted octanol–water partition coefficient (Wildman–Crippen LogP) is 7.70. The molecule has 4 heterocycles. The summed E-state index contributed by atoms with van der Waals surface area (Å²) in [7, 11) is 0. The molecule has 3 aromatic rings. The van der Waals surface area contributed by atoms with Crippen molar-refractivity contribution >= 4 is 40.3 Å². The highest BCUT2D eigenvalue weighted by atomic mass is 35.5. The Hall–Kier alpha value is -2.57. The molecule has 2 aliphatic heterocycles. The first-order valence-corrected chi connectivity index (χ1v) is 15.0. The summed E-state index contributed by atoms with van der Waals surface area (Å²) in [6.07, 6.45) is 11.8. The lowest BCUT2D eigenvalue weighted by Gasteiger charge is -2.37. The van der Waals surface area contributed by atoms with Crippen molar-refractivity contribution < 1.29 is 0 Å². The summed E-state index contributed by atoms with van der Waals surface area (Å²) < 4.78 is 2.51. The van der Waals surface area contributed by atoms with E-state index in [1.165, 1.54) is 44.2 Å². The Labute approximate surface area is 237 Å². The first-order valence-electron chi connectivity index (χ1n) is 14.2. The van der Waals surface area contributed by atoms with Gasteiger partial charge in [0.2, 0.25) is 0 Å². The van der Waals surface area contributed by atoms with Crippen LogP contribution in [0.4, 0.5) is 11.4 Å². The van der Waals surface area contributed by atoms with Crippen LogP contribution in [0, 0.1) is 11.8 Å². The number of piperidine rings is 1. The molecule has 3 aliphatic rings. The topological polar surface area (TPSA) is 36.3 Å². The Morgan fingerprint density at radius 3 is 2.47 bits per heavy atom. The monoisotopic (exact) mass is 547 g/mol. The fourth-order valence-corrected chi connectivity index (χ4v) is 7.68. The van der Waals surface area contributed by atoms with Crippen LogP contribution >= 0.6 is 23.8 Å². The average Bonchev–Trinajstić information content (AvgIpc) is 3.53. The molecule has 1 N–H and O–H groups in total. The van der Waals surface area contributed by atoms with Crippen LogP contribution < -0.4 is 15.1 Å². The van der Waals surface area contributed by atoms with Crippen molar-refractivity contribution in [2.24, 2.45) is 11.8 Å². The van der Waals surface area contributed by atoms with Crippen LogP contribution in [0.1, 0.15) is 81.9 Å². The molecule has 6 rings (SSSR count). The van der Waals surface area contributed by atoms with Crippen molar-refractivity contribution in [1.82, 2.24) is 14.9 Å². The van der Waals surface area contributed by atoms with Gasteiger partial charge in [0.1, 0.15) is 6.04 Å². The number of hydrogen-bond donors (Lipinski definition) is 1. The van der Waals surface area contributed by atoms with E-state index in [0.717, 1.165) is 35.2 Å². The molecule has 0 radical (unpaired) electrons. The van der Waals surface area contributed by atoms with Crippen molar-refractivity contribution in [3.05, 3.63) is 77.3 Å². The van der Waals surface area contributed by atoms with Gasteiger partial charge in [-0.25, -0.2) is 0 Å². The molecule has 200 valence electrons. The van der Waals surface area contributed by atoms with E-state index in [1.54, 1.807) is 0 Å². The molecular weight excluding hydrogens is 510 g/mol. The van der Waals surface area contributed by atoms with E-state index >= 15 is 0 Å². The predicted molar refractivity (Wildman–Crippen MR) is 161 cm³/mol. The summed E-state index contributed by atoms with van der Waals surface area (Å²) in [5.41, 5.74) is 4.42. The second kappa shape index (κ2) is 10.9. The maximum absolute atomic E-state index is 7.01. The van der Waals surface area contributed by atoms with E-state index in [-0.39, 0.29) is 12.1 Å². The average molecular weight is 548 g/mol. The quantitative estimate of drug-likeness (QED) is 0.331. The standard InChI is InChI=1S/C31H38ClN5S/c1-21-17-22(2)20-35(19-21)27-14-13-24(18-25(27)32)37-30(29(34-31(37)38)26-11-6-7-15-33-26)28-12-8-16-36(28)23-9-4-3-5-10-23/h6-8,11-16,18,21-23,29-30H,3-5,9-10,17,19-20H2,1-2H3,(H,34,38)/t21-,22+,29-,30-/m0/s1. The second-order valence-corrected chi connectivity index (χ2v) is 12.4. The van der Waals surface area contributed by atoms with Crippen LogP contribution in [0.3, 0.4) is 0 Å². The highest BCUT2D eigenvalue weighted by Crippen LogP contribution is 2.45. The van der Waals surface area contributed by atoms with Crippen LogP contribution in [0.2, 0.25) is 5.02 Å². The normalized spacial score (nSPS) is 26.6. The van der Waals surface area contributed by atoms with E-state index in [9.17, 15) is 0 Å². The molecule has 2 saturated heterocycles. The third kappa shape index (κ3) is 4.93. The van der Waals surface area contributed by atoms with Gasteiger partial charge < -0.3 is 19.7 Å². The van der Waals surface area contributed by atoms with Gasteiger partial charge in [0.25, 0.3) is 0 Å². The van der Waals surface area contributed by atoms with Gasteiger partial charge in [-0.05, 0) is 85.8 Å². The molecular formula is C31H38ClN5S. The van der Waals surface area contributed by atoms with E-state index in [2.05, 4.69) is 82.2 Å². The van der Waals surface area contributed by atoms with Crippen molar-refractivity contribution in [1.29, 1.82) is 0 Å². The number of nitrogens with one attached hydrogen (secondary N) is 1. The number of benzene rings is 1. The third-order valence-electron chi connectivity index (χ3n) is 8.60. The van der Waals surface area contributed by atoms with Crippen LogP contribution in [0.25, 0.3) is 0 Å². The molecule has 5 nitrogen and oxygen atoms in total. The molecule has 0 spiro atoms. The Balaban J connectivity index is 1.39. The van der Waals surface area contributed by atoms with Crippen LogP contribution in [-0.4, -0.2) is 27.8 Å². The highest BCUT2D eigenvalue weighted by molar-refractivity contribution is 7.80. The summed E-state index contributed by atoms with van der Waals surface area (Å²) in [6, 6.07) is 17.5. The lowest BCUT2D eigenvalue weighted by Crippen LogP contribution is -2.39. The van der Waals surface area contributed by atoms with Crippen molar-refractivity contribution in [3.63, 3.8) is 0 Å². The van der Waals surface area contributed by atoms with Gasteiger partial charge in [-0.3, -0.25) is 4.98 Å². The maximum Gasteiger partial charge on any atom is 0.174 e. The van der Waals surface area contributed by atoms with Gasteiger partial charge in [-0.2, -0.15) is 0 Å². The molecule has 1 aliphatic carbocycles. The van der Waals surface area contributed by atoms with E-state index < -0.39 is 0 Å². The Morgan fingerprint density at radius 2 is 1.76 bits per heavy atom. The van der Waals surface area contributed by atoms with Gasteiger partial charge in [0.05, 0.1) is 22.4 Å². The first kappa shape index (κ1) is 25.7. The SMILES string of the molecule is C[C@@H]1C[C@H](C)CN(c2ccc(N3C(=S)N[C@@H](c4ccccn4)[C@@H]3c3cccn3C3CCCCC3)cc2Cl)C1. The van der Waals surface area contributed by atoms with E-state index in [0.29, 0.717) is 23.0 Å². The number of hydrogen-bond acceptors (Lipinski definition) is 3. The second-order valence-electron chi connectivity index (χ2n) is 11.6. The molecule has 1 aromatic carbocycles. The van der Waals surface area contributed by atoms with Crippen molar-refractivity contribution in [2.75, 3.05) is 22.9 Å². The van der Waals surface area contributed by atoms with Gasteiger partial charge >= 0.3 is 0 Å². The third-order valence-corrected chi connectivity index (χ3v) is 9.22. The van der Waals surface area contributed by atoms with E-state index in [4.69, 9.17) is 28.8 Å². The van der Waals surface area contributed by atoms with Crippen LogP contribution in [0.5, 0.6) is 0 Å². The van der Waals surface area contributed by atoms with Gasteiger partial charge in [-0.15, -0.1) is 0 Å². The number of aromatic nitrogens is 2. The number of pyridine rings is 1. The number of thiocarbonyl (C=S) groups is 1. The zero-order chi connectivity index (χ0) is 26.2. The summed E-state index contributed by atoms with van der Waals surface area (Å²) in [5.74, 6) is 1.34. The number of anilines is 2. The summed E-state index contributed by atoms with van der Waals surface area (Å²) in [6.45, 7) is 6.77. The largest absolute Gasteiger partial charge is 0.370 e. The zero-order valence-corrected chi connectivity index (χ0v) is 24.0. The summed E-state index contributed by atoms with van der Waals surface area (Å²) in [5, 5.41) is 5.12. The van der Waals surface area contributed by atoms with Gasteiger partial charge in [0.15, 0.2) is 5.11 Å². The van der Waals surface area contributed by atoms with Gasteiger partial charge in [0, 0.05) is 42.9 Å². The highest BCUT2D eigenvalue weighted by Gasteiger charge is 2.42. The summed E-state index contributed by atoms with van der Waals surface area (Å²) in [4.78, 5) is 9.46. The molecule has 38 heavy (non-hydrogen) atoms. The Kier molecular flexibility index (Phi) is 7.37. The van der Waals surface area contributed by atoms with Crippen LogP contribution in [-0.2, 0) is 0 Å². The van der Waals surface area contributed by atoms with Crippen LogP contribution in [0.15, 0.2) is 60.9 Å². The molecule has 2 aromatic heterocycles. The molecule has 0 amide bonds. The fraction of sp³-hybridized carbons (Fsp3) is 0.484. The van der Waals surface area contributed by atoms with E-state index in [1.807, 2.05) is 12.3 Å². The lowest BCUT2D eigenvalue weighted by atomic mass is 9.91. The molecule has 1 saturated carbocycles.